The summed E-state index contributed by atoms with van der Waals surface area (Å²) in [6, 6.07) is 8.35. The number of carbonyl (C=O) groups excluding carboxylic acids is 1. The van der Waals surface area contributed by atoms with Crippen molar-refractivity contribution in [3.63, 3.8) is 0 Å². The monoisotopic (exact) mass is 203 g/mol. The van der Waals surface area contributed by atoms with E-state index in [1.807, 2.05) is 11.0 Å². The van der Waals surface area contributed by atoms with E-state index in [-0.39, 0.29) is 11.4 Å². The molecule has 0 fully saturated rings. The highest BCUT2D eigenvalue weighted by atomic mass is 16.2. The standard InChI is InChI=1S/C13H17NO/c1-4-13(3)12-8-6-5-7-11(12)9-14(13)10(2)15/h5-8H,4,9H2,1-3H3. The summed E-state index contributed by atoms with van der Waals surface area (Å²) in [6.45, 7) is 6.70. The number of hydrogen-bond acceptors (Lipinski definition) is 1. The van der Waals surface area contributed by atoms with E-state index in [0.717, 1.165) is 13.0 Å². The fraction of sp³-hybridized carbons (Fsp3) is 0.462. The highest BCUT2D eigenvalue weighted by Gasteiger charge is 2.40. The first-order valence-corrected chi connectivity index (χ1v) is 5.46. The number of hydrogen-bond donors (Lipinski definition) is 0. The van der Waals surface area contributed by atoms with Crippen LogP contribution >= 0.6 is 0 Å². The van der Waals surface area contributed by atoms with Crippen LogP contribution in [-0.2, 0) is 16.9 Å². The minimum atomic E-state index is -0.109. The van der Waals surface area contributed by atoms with Crippen LogP contribution in [0.5, 0.6) is 0 Å². The smallest absolute Gasteiger partial charge is 0.220 e. The van der Waals surface area contributed by atoms with E-state index in [1.165, 1.54) is 11.1 Å². The van der Waals surface area contributed by atoms with Gasteiger partial charge in [0.2, 0.25) is 5.91 Å². The van der Waals surface area contributed by atoms with Gasteiger partial charge in [-0.15, -0.1) is 0 Å². The first-order valence-electron chi connectivity index (χ1n) is 5.46. The van der Waals surface area contributed by atoms with Gasteiger partial charge >= 0.3 is 0 Å². The van der Waals surface area contributed by atoms with Crippen molar-refractivity contribution < 1.29 is 4.79 Å². The van der Waals surface area contributed by atoms with Crippen molar-refractivity contribution in [2.24, 2.45) is 0 Å². The molecule has 0 radical (unpaired) electrons. The summed E-state index contributed by atoms with van der Waals surface area (Å²) in [5, 5.41) is 0. The van der Waals surface area contributed by atoms with Gasteiger partial charge in [0.15, 0.2) is 0 Å². The Hall–Kier alpha value is -1.31. The van der Waals surface area contributed by atoms with Crippen LogP contribution in [0.3, 0.4) is 0 Å². The zero-order chi connectivity index (χ0) is 11.1. The molecule has 15 heavy (non-hydrogen) atoms. The van der Waals surface area contributed by atoms with Crippen LogP contribution in [0.25, 0.3) is 0 Å². The molecule has 1 atom stereocenters. The lowest BCUT2D eigenvalue weighted by molar-refractivity contribution is -0.134. The highest BCUT2D eigenvalue weighted by Crippen LogP contribution is 2.41. The molecule has 1 aliphatic heterocycles. The van der Waals surface area contributed by atoms with Gasteiger partial charge in [0.1, 0.15) is 0 Å². The molecule has 1 aromatic rings. The van der Waals surface area contributed by atoms with E-state index in [2.05, 4.69) is 32.0 Å². The zero-order valence-electron chi connectivity index (χ0n) is 9.58. The molecule has 1 aliphatic rings. The zero-order valence-corrected chi connectivity index (χ0v) is 9.58. The molecule has 0 aliphatic carbocycles. The van der Waals surface area contributed by atoms with E-state index >= 15 is 0 Å². The number of carbonyl (C=O) groups is 1. The Morgan fingerprint density at radius 1 is 1.47 bits per heavy atom. The molecule has 0 saturated carbocycles. The Kier molecular flexibility index (Phi) is 2.29. The summed E-state index contributed by atoms with van der Waals surface area (Å²) >= 11 is 0. The maximum Gasteiger partial charge on any atom is 0.220 e. The predicted octanol–water partition coefficient (Wildman–Crippen LogP) is 2.67. The molecule has 1 heterocycles. The van der Waals surface area contributed by atoms with Crippen LogP contribution in [0, 0.1) is 0 Å². The van der Waals surface area contributed by atoms with Crippen LogP contribution in [-0.4, -0.2) is 10.8 Å². The third kappa shape index (κ3) is 1.36. The van der Waals surface area contributed by atoms with Crippen molar-refractivity contribution in [1.29, 1.82) is 0 Å². The first-order chi connectivity index (χ1) is 7.09. The molecule has 2 heteroatoms. The largest absolute Gasteiger partial charge is 0.329 e. The van der Waals surface area contributed by atoms with Gasteiger partial charge in [-0.3, -0.25) is 4.79 Å². The number of rotatable bonds is 1. The first kappa shape index (κ1) is 10.2. The molecule has 0 spiro atoms. The summed E-state index contributed by atoms with van der Waals surface area (Å²) in [5.41, 5.74) is 2.49. The molecule has 0 saturated heterocycles. The van der Waals surface area contributed by atoms with Gasteiger partial charge in [0.05, 0.1) is 5.54 Å². The number of nitrogens with zero attached hydrogens (tertiary/aromatic N) is 1. The summed E-state index contributed by atoms with van der Waals surface area (Å²) in [6.07, 6.45) is 0.962. The topological polar surface area (TPSA) is 20.3 Å². The lowest BCUT2D eigenvalue weighted by atomic mass is 9.89. The van der Waals surface area contributed by atoms with E-state index in [0.29, 0.717) is 0 Å². The fourth-order valence-corrected chi connectivity index (χ4v) is 2.51. The van der Waals surface area contributed by atoms with Crippen molar-refractivity contribution in [1.82, 2.24) is 4.90 Å². The van der Waals surface area contributed by atoms with Crippen molar-refractivity contribution in [3.8, 4) is 0 Å². The lowest BCUT2D eigenvalue weighted by Crippen LogP contribution is -2.40. The van der Waals surface area contributed by atoms with E-state index < -0.39 is 0 Å². The fourth-order valence-electron chi connectivity index (χ4n) is 2.51. The second kappa shape index (κ2) is 3.37. The Labute approximate surface area is 90.9 Å². The maximum atomic E-state index is 11.6. The number of benzene rings is 1. The van der Waals surface area contributed by atoms with Gasteiger partial charge in [0.25, 0.3) is 0 Å². The molecule has 2 rings (SSSR count). The van der Waals surface area contributed by atoms with Crippen molar-refractivity contribution in [2.75, 3.05) is 0 Å². The van der Waals surface area contributed by atoms with Crippen molar-refractivity contribution in [2.45, 2.75) is 39.3 Å². The minimum Gasteiger partial charge on any atom is -0.329 e. The van der Waals surface area contributed by atoms with Gasteiger partial charge in [-0.2, -0.15) is 0 Å². The van der Waals surface area contributed by atoms with Gasteiger partial charge in [-0.05, 0) is 24.5 Å². The van der Waals surface area contributed by atoms with Gasteiger partial charge in [-0.1, -0.05) is 31.2 Å². The summed E-state index contributed by atoms with van der Waals surface area (Å²) < 4.78 is 0. The SMILES string of the molecule is CCC1(C)c2ccccc2CN1C(C)=O. The third-order valence-electron chi connectivity index (χ3n) is 3.59. The average molecular weight is 203 g/mol. The quantitative estimate of drug-likeness (QED) is 0.687. The molecule has 0 bridgehead atoms. The highest BCUT2D eigenvalue weighted by molar-refractivity contribution is 5.75. The molecule has 80 valence electrons. The summed E-state index contributed by atoms with van der Waals surface area (Å²) in [5.74, 6) is 0.163. The minimum absolute atomic E-state index is 0.109. The maximum absolute atomic E-state index is 11.6. The van der Waals surface area contributed by atoms with Crippen molar-refractivity contribution >= 4 is 5.91 Å². The van der Waals surface area contributed by atoms with Gasteiger partial charge < -0.3 is 4.90 Å². The average Bonchev–Trinajstić information content (AvgIpc) is 2.54. The van der Waals surface area contributed by atoms with Gasteiger partial charge in [-0.25, -0.2) is 0 Å². The van der Waals surface area contributed by atoms with Crippen LogP contribution in [0.4, 0.5) is 0 Å². The summed E-state index contributed by atoms with van der Waals surface area (Å²) in [4.78, 5) is 13.6. The summed E-state index contributed by atoms with van der Waals surface area (Å²) in [7, 11) is 0. The van der Waals surface area contributed by atoms with Crippen LogP contribution in [0.1, 0.15) is 38.3 Å². The molecule has 1 amide bonds. The van der Waals surface area contributed by atoms with Crippen LogP contribution < -0.4 is 0 Å². The van der Waals surface area contributed by atoms with E-state index in [1.54, 1.807) is 6.92 Å². The van der Waals surface area contributed by atoms with Crippen LogP contribution in [0.15, 0.2) is 24.3 Å². The molecule has 1 aromatic carbocycles. The van der Waals surface area contributed by atoms with Crippen LogP contribution in [0.2, 0.25) is 0 Å². The third-order valence-corrected chi connectivity index (χ3v) is 3.59. The van der Waals surface area contributed by atoms with E-state index in [9.17, 15) is 4.79 Å². The Morgan fingerprint density at radius 3 is 2.73 bits per heavy atom. The van der Waals surface area contributed by atoms with Crippen molar-refractivity contribution in [3.05, 3.63) is 35.4 Å². The molecule has 0 aromatic heterocycles. The van der Waals surface area contributed by atoms with Gasteiger partial charge in [0, 0.05) is 13.5 Å². The Bertz CT molecular complexity index is 399. The second-order valence-corrected chi connectivity index (χ2v) is 4.39. The molecule has 1 unspecified atom stereocenters. The molecule has 2 nitrogen and oxygen atoms in total. The molecule has 0 N–H and O–H groups in total. The van der Waals surface area contributed by atoms with E-state index in [4.69, 9.17) is 0 Å². The number of fused-ring (bicyclic) bond motifs is 1. The molecular weight excluding hydrogens is 186 g/mol. The molecular formula is C13H17NO. The second-order valence-electron chi connectivity index (χ2n) is 4.39. The Morgan fingerprint density at radius 2 is 2.13 bits per heavy atom. The Balaban J connectivity index is 2.52. The lowest BCUT2D eigenvalue weighted by Gasteiger charge is -2.34. The normalized spacial score (nSPS) is 24.1. The predicted molar refractivity (Wildman–Crippen MR) is 60.3 cm³/mol. The number of amides is 1.